The van der Waals surface area contributed by atoms with Gasteiger partial charge in [0.1, 0.15) is 10.6 Å². The van der Waals surface area contributed by atoms with Crippen molar-refractivity contribution in [2.24, 2.45) is 0 Å². The van der Waals surface area contributed by atoms with E-state index in [9.17, 15) is 13.2 Å². The van der Waals surface area contributed by atoms with E-state index in [0.29, 0.717) is 25.2 Å². The molecule has 0 bridgehead atoms. The van der Waals surface area contributed by atoms with Crippen molar-refractivity contribution in [2.45, 2.75) is 56.4 Å². The lowest BCUT2D eigenvalue weighted by atomic mass is 9.99. The fourth-order valence-electron chi connectivity index (χ4n) is 4.89. The number of hydrogen-bond donors (Lipinski definition) is 0. The van der Waals surface area contributed by atoms with E-state index in [1.54, 1.807) is 12.1 Å². The second kappa shape index (κ2) is 9.63. The third-order valence-electron chi connectivity index (χ3n) is 6.65. The number of hydrogen-bond acceptors (Lipinski definition) is 4. The van der Waals surface area contributed by atoms with E-state index < -0.39 is 10.0 Å². The minimum atomic E-state index is -3.74. The zero-order chi connectivity index (χ0) is 22.7. The zero-order valence-electron chi connectivity index (χ0n) is 18.9. The van der Waals surface area contributed by atoms with E-state index in [-0.39, 0.29) is 22.6 Å². The van der Waals surface area contributed by atoms with E-state index in [0.717, 1.165) is 49.7 Å². The average Bonchev–Trinajstić information content (AvgIpc) is 3.11. The van der Waals surface area contributed by atoms with Crippen molar-refractivity contribution >= 4 is 15.9 Å². The molecule has 0 radical (unpaired) electrons. The smallest absolute Gasteiger partial charge is 0.254 e. The van der Waals surface area contributed by atoms with Crippen LogP contribution < -0.4 is 4.74 Å². The minimum absolute atomic E-state index is 0.0106. The first-order chi connectivity index (χ1) is 15.4. The molecule has 2 saturated heterocycles. The van der Waals surface area contributed by atoms with E-state index in [1.807, 2.05) is 17.0 Å². The summed E-state index contributed by atoms with van der Waals surface area (Å²) in [7, 11) is -2.28. The normalized spacial score (nSPS) is 20.2. The molecule has 6 nitrogen and oxygen atoms in total. The van der Waals surface area contributed by atoms with Gasteiger partial charge in [-0.1, -0.05) is 37.1 Å². The number of aryl methyl sites for hydroxylation is 1. The zero-order valence-corrected chi connectivity index (χ0v) is 19.7. The predicted molar refractivity (Wildman–Crippen MR) is 124 cm³/mol. The molecule has 4 rings (SSSR count). The van der Waals surface area contributed by atoms with Crippen LogP contribution in [-0.2, 0) is 10.0 Å². The van der Waals surface area contributed by atoms with Crippen molar-refractivity contribution in [3.05, 3.63) is 59.2 Å². The van der Waals surface area contributed by atoms with Crippen LogP contribution >= 0.6 is 0 Å². The van der Waals surface area contributed by atoms with Crippen LogP contribution in [0.15, 0.2) is 47.4 Å². The van der Waals surface area contributed by atoms with Crippen molar-refractivity contribution < 1.29 is 17.9 Å². The Morgan fingerprint density at radius 3 is 2.38 bits per heavy atom. The van der Waals surface area contributed by atoms with Gasteiger partial charge < -0.3 is 9.64 Å². The highest BCUT2D eigenvalue weighted by Gasteiger charge is 2.33. The van der Waals surface area contributed by atoms with Gasteiger partial charge in [-0.2, -0.15) is 4.31 Å². The molecule has 2 aromatic rings. The number of rotatable bonds is 5. The summed E-state index contributed by atoms with van der Waals surface area (Å²) in [5.41, 5.74) is 2.71. The highest BCUT2D eigenvalue weighted by molar-refractivity contribution is 7.89. The number of carbonyl (C=O) groups excluding carboxylic acids is 1. The second-order valence-corrected chi connectivity index (χ2v) is 10.6. The molecule has 172 valence electrons. The van der Waals surface area contributed by atoms with Crippen LogP contribution in [0, 0.1) is 6.92 Å². The number of carbonyl (C=O) groups is 1. The van der Waals surface area contributed by atoms with Gasteiger partial charge in [0.25, 0.3) is 5.91 Å². The molecule has 2 aliphatic heterocycles. The standard InChI is InChI=1S/C25H32N2O4S/c1-19-10-5-6-11-21(19)22-12-9-17-27(22)25(28)20-13-14-23(31-2)24(18-20)32(29,30)26-15-7-3-4-8-16-26/h5-6,10-11,13-14,18,22H,3-4,7-9,12,15-17H2,1-2H3. The lowest BCUT2D eigenvalue weighted by Crippen LogP contribution is -2.33. The first-order valence-corrected chi connectivity index (χ1v) is 12.9. The Hall–Kier alpha value is -2.38. The first kappa shape index (κ1) is 22.8. The van der Waals surface area contributed by atoms with Gasteiger partial charge in [-0.3, -0.25) is 4.79 Å². The Bertz CT molecular complexity index is 1080. The Balaban J connectivity index is 1.67. The van der Waals surface area contributed by atoms with Crippen LogP contribution in [0.5, 0.6) is 5.75 Å². The number of sulfonamides is 1. The van der Waals surface area contributed by atoms with Crippen LogP contribution in [0.4, 0.5) is 0 Å². The van der Waals surface area contributed by atoms with E-state index >= 15 is 0 Å². The number of methoxy groups -OCH3 is 1. The summed E-state index contributed by atoms with van der Waals surface area (Å²) in [6.45, 7) is 3.74. The molecule has 0 N–H and O–H groups in total. The van der Waals surface area contributed by atoms with E-state index in [1.165, 1.54) is 17.5 Å². The van der Waals surface area contributed by atoms with Gasteiger partial charge in [-0.15, -0.1) is 0 Å². The van der Waals surface area contributed by atoms with Crippen LogP contribution in [0.25, 0.3) is 0 Å². The average molecular weight is 457 g/mol. The maximum atomic E-state index is 13.5. The lowest BCUT2D eigenvalue weighted by Gasteiger charge is -2.27. The fourth-order valence-corrected chi connectivity index (χ4v) is 6.59. The van der Waals surface area contributed by atoms with Crippen molar-refractivity contribution in [1.82, 2.24) is 9.21 Å². The third-order valence-corrected chi connectivity index (χ3v) is 8.57. The van der Waals surface area contributed by atoms with Crippen molar-refractivity contribution in [2.75, 3.05) is 26.7 Å². The number of likely N-dealkylation sites (tertiary alicyclic amines) is 1. The monoisotopic (exact) mass is 456 g/mol. The van der Waals surface area contributed by atoms with Gasteiger partial charge in [-0.25, -0.2) is 8.42 Å². The largest absolute Gasteiger partial charge is 0.495 e. The number of nitrogens with zero attached hydrogens (tertiary/aromatic N) is 2. The van der Waals surface area contributed by atoms with Crippen molar-refractivity contribution in [3.63, 3.8) is 0 Å². The summed E-state index contributed by atoms with van der Waals surface area (Å²) < 4.78 is 33.9. The Kier molecular flexibility index (Phi) is 6.86. The van der Waals surface area contributed by atoms with E-state index in [4.69, 9.17) is 4.74 Å². The molecule has 0 spiro atoms. The number of benzene rings is 2. The van der Waals surface area contributed by atoms with Crippen LogP contribution in [0.1, 0.15) is 66.1 Å². The molecule has 32 heavy (non-hydrogen) atoms. The van der Waals surface area contributed by atoms with Crippen LogP contribution in [-0.4, -0.2) is 50.3 Å². The summed E-state index contributed by atoms with van der Waals surface area (Å²) >= 11 is 0. The fraction of sp³-hybridized carbons (Fsp3) is 0.480. The molecule has 0 aliphatic carbocycles. The Labute approximate surface area is 191 Å². The molecule has 0 saturated carbocycles. The highest BCUT2D eigenvalue weighted by atomic mass is 32.2. The SMILES string of the molecule is COc1ccc(C(=O)N2CCCC2c2ccccc2C)cc1S(=O)(=O)N1CCCCCC1. The lowest BCUT2D eigenvalue weighted by molar-refractivity contribution is 0.0735. The third kappa shape index (κ3) is 4.41. The molecular formula is C25H32N2O4S. The molecule has 1 atom stereocenters. The summed E-state index contributed by atoms with van der Waals surface area (Å²) in [4.78, 5) is 15.5. The minimum Gasteiger partial charge on any atom is -0.495 e. The summed E-state index contributed by atoms with van der Waals surface area (Å²) in [6, 6.07) is 13.0. The highest BCUT2D eigenvalue weighted by Crippen LogP contribution is 2.36. The topological polar surface area (TPSA) is 66.9 Å². The maximum absolute atomic E-state index is 13.5. The second-order valence-electron chi connectivity index (χ2n) is 8.70. The van der Waals surface area contributed by atoms with E-state index in [2.05, 4.69) is 19.1 Å². The molecule has 1 amide bonds. The molecule has 2 aliphatic rings. The van der Waals surface area contributed by atoms with Crippen molar-refractivity contribution in [1.29, 1.82) is 0 Å². The number of ether oxygens (including phenoxy) is 1. The molecule has 2 aromatic carbocycles. The van der Waals surface area contributed by atoms with Gasteiger partial charge in [-0.05, 0) is 61.9 Å². The Morgan fingerprint density at radius 1 is 0.969 bits per heavy atom. The van der Waals surface area contributed by atoms with Gasteiger partial charge in [0.2, 0.25) is 10.0 Å². The molecule has 2 fully saturated rings. The van der Waals surface area contributed by atoms with Crippen molar-refractivity contribution in [3.8, 4) is 5.75 Å². The summed E-state index contributed by atoms with van der Waals surface area (Å²) in [6.07, 6.45) is 5.62. The maximum Gasteiger partial charge on any atom is 0.254 e. The molecular weight excluding hydrogens is 424 g/mol. The van der Waals surface area contributed by atoms with Crippen LogP contribution in [0.3, 0.4) is 0 Å². The van der Waals surface area contributed by atoms with Gasteiger partial charge in [0.15, 0.2) is 0 Å². The molecule has 1 unspecified atom stereocenters. The molecule has 2 heterocycles. The quantitative estimate of drug-likeness (QED) is 0.662. The number of amides is 1. The van der Waals surface area contributed by atoms with Crippen LogP contribution in [0.2, 0.25) is 0 Å². The van der Waals surface area contributed by atoms with Gasteiger partial charge >= 0.3 is 0 Å². The molecule has 0 aromatic heterocycles. The van der Waals surface area contributed by atoms with Gasteiger partial charge in [0.05, 0.1) is 13.2 Å². The first-order valence-electron chi connectivity index (χ1n) is 11.5. The predicted octanol–water partition coefficient (Wildman–Crippen LogP) is 4.55. The van der Waals surface area contributed by atoms with Gasteiger partial charge in [0, 0.05) is 25.2 Å². The summed E-state index contributed by atoms with van der Waals surface area (Å²) in [5, 5.41) is 0. The molecule has 7 heteroatoms. The Morgan fingerprint density at radius 2 is 1.69 bits per heavy atom. The summed E-state index contributed by atoms with van der Waals surface area (Å²) in [5.74, 6) is 0.147.